The van der Waals surface area contributed by atoms with E-state index in [1.165, 1.54) is 6.92 Å². The molecule has 37 heavy (non-hydrogen) atoms. The van der Waals surface area contributed by atoms with Crippen LogP contribution in [0.1, 0.15) is 44.4 Å². The van der Waals surface area contributed by atoms with Gasteiger partial charge in [0.1, 0.15) is 18.8 Å². The number of ether oxygens (including phenoxy) is 3. The highest BCUT2D eigenvalue weighted by Gasteiger charge is 2.26. The van der Waals surface area contributed by atoms with E-state index in [4.69, 9.17) is 49.0 Å². The number of sulfone groups is 1. The second-order valence-corrected chi connectivity index (χ2v) is 12.7. The van der Waals surface area contributed by atoms with Crippen LogP contribution in [0, 0.1) is 0 Å². The second-order valence-electron chi connectivity index (χ2n) is 9.16. The topological polar surface area (TPSA) is 99.1 Å². The lowest BCUT2D eigenvalue weighted by Gasteiger charge is -2.27. The number of aliphatic hydroxyl groups excluding tert-OH is 1. The highest BCUT2D eigenvalue weighted by Crippen LogP contribution is 2.40. The van der Waals surface area contributed by atoms with Gasteiger partial charge in [0.15, 0.2) is 15.6 Å². The molecule has 1 N–H and O–H groups in total. The Bertz CT molecular complexity index is 1130. The van der Waals surface area contributed by atoms with Crippen molar-refractivity contribution in [1.82, 2.24) is 0 Å². The lowest BCUT2D eigenvalue weighted by atomic mass is 9.78. The third-order valence-electron chi connectivity index (χ3n) is 5.78. The lowest BCUT2D eigenvalue weighted by Crippen LogP contribution is -2.31. The zero-order chi connectivity index (χ0) is 27.8. The summed E-state index contributed by atoms with van der Waals surface area (Å²) in [6, 6.07) is 11.3. The molecular weight excluding hydrogens is 563 g/mol. The first kappa shape index (κ1) is 31.7. The first-order chi connectivity index (χ1) is 17.3. The summed E-state index contributed by atoms with van der Waals surface area (Å²) in [4.78, 5) is 11.3. The Morgan fingerprint density at radius 2 is 1.65 bits per heavy atom. The number of halogens is 3. The van der Waals surface area contributed by atoms with E-state index in [1.54, 1.807) is 19.1 Å². The maximum absolute atomic E-state index is 11.9. The van der Waals surface area contributed by atoms with E-state index < -0.39 is 33.4 Å². The monoisotopic (exact) mass is 594 g/mol. The SMILES string of the molecule is CCS(=O)(=O)C[C@H](COCc1ccc(C(C)(C)c2cc(Cl)c(OC[C@@H](O)CCl)c(Cl)c2)cc1)OC(C)=O. The Morgan fingerprint density at radius 1 is 1.05 bits per heavy atom. The first-order valence-corrected chi connectivity index (χ1v) is 14.8. The number of hydrogen-bond acceptors (Lipinski definition) is 7. The second kappa shape index (κ2) is 14.0. The average Bonchev–Trinajstić information content (AvgIpc) is 2.82. The molecule has 2 aromatic carbocycles. The highest BCUT2D eigenvalue weighted by atomic mass is 35.5. The van der Waals surface area contributed by atoms with E-state index in [-0.39, 0.29) is 37.2 Å². The normalized spacial score (nSPS) is 13.7. The molecule has 2 aromatic rings. The van der Waals surface area contributed by atoms with Gasteiger partial charge < -0.3 is 19.3 Å². The largest absolute Gasteiger partial charge is 0.488 e. The van der Waals surface area contributed by atoms with Crippen LogP contribution in [-0.2, 0) is 36.1 Å². The number of hydrogen-bond donors (Lipinski definition) is 1. The third kappa shape index (κ3) is 9.61. The van der Waals surface area contributed by atoms with Gasteiger partial charge in [-0.2, -0.15) is 0 Å². The number of aliphatic hydroxyl groups is 1. The van der Waals surface area contributed by atoms with Gasteiger partial charge in [0.25, 0.3) is 0 Å². The maximum Gasteiger partial charge on any atom is 0.303 e. The van der Waals surface area contributed by atoms with Crippen LogP contribution < -0.4 is 4.74 Å². The van der Waals surface area contributed by atoms with Crippen molar-refractivity contribution in [2.75, 3.05) is 30.6 Å². The van der Waals surface area contributed by atoms with Crippen molar-refractivity contribution in [2.45, 2.75) is 51.9 Å². The Balaban J connectivity index is 2.08. The minimum atomic E-state index is -3.33. The van der Waals surface area contributed by atoms with E-state index >= 15 is 0 Å². The lowest BCUT2D eigenvalue weighted by molar-refractivity contribution is -0.148. The standard InChI is InChI=1S/C26H33Cl3O7S/c1-5-37(32,33)16-22(36-17(2)30)15-34-13-18-6-8-19(9-7-18)26(3,4)20-10-23(28)25(24(29)11-20)35-14-21(31)12-27/h6-11,21-22,31H,5,12-16H2,1-4H3/t21-,22-/m0/s1. The average molecular weight is 596 g/mol. The summed E-state index contributed by atoms with van der Waals surface area (Å²) in [5, 5.41) is 10.3. The molecule has 0 aliphatic heterocycles. The van der Waals surface area contributed by atoms with Crippen molar-refractivity contribution in [3.05, 3.63) is 63.1 Å². The number of carbonyl (C=O) groups excluding carboxylic acids is 1. The van der Waals surface area contributed by atoms with Gasteiger partial charge in [-0.15, -0.1) is 11.6 Å². The van der Waals surface area contributed by atoms with Crippen molar-refractivity contribution in [2.24, 2.45) is 0 Å². The molecule has 0 saturated carbocycles. The molecule has 0 radical (unpaired) electrons. The summed E-state index contributed by atoms with van der Waals surface area (Å²) in [5.74, 6) is -0.545. The molecule has 2 atom stereocenters. The molecule has 0 unspecified atom stereocenters. The summed E-state index contributed by atoms with van der Waals surface area (Å²) in [7, 11) is -3.33. The van der Waals surface area contributed by atoms with Crippen LogP contribution in [-0.4, -0.2) is 62.3 Å². The van der Waals surface area contributed by atoms with Crippen LogP contribution in [0.2, 0.25) is 10.0 Å². The number of benzene rings is 2. The molecule has 0 aliphatic carbocycles. The fraction of sp³-hybridized carbons (Fsp3) is 0.500. The van der Waals surface area contributed by atoms with Crippen molar-refractivity contribution < 1.29 is 32.5 Å². The Hall–Kier alpha value is -1.55. The van der Waals surface area contributed by atoms with E-state index in [9.17, 15) is 18.3 Å². The Morgan fingerprint density at radius 3 is 2.16 bits per heavy atom. The van der Waals surface area contributed by atoms with Crippen LogP contribution in [0.5, 0.6) is 5.75 Å². The highest BCUT2D eigenvalue weighted by molar-refractivity contribution is 7.91. The van der Waals surface area contributed by atoms with E-state index in [2.05, 4.69) is 0 Å². The van der Waals surface area contributed by atoms with Crippen molar-refractivity contribution in [1.29, 1.82) is 0 Å². The van der Waals surface area contributed by atoms with Crippen LogP contribution in [0.4, 0.5) is 0 Å². The summed E-state index contributed by atoms with van der Waals surface area (Å²) >= 11 is 18.5. The van der Waals surface area contributed by atoms with Crippen LogP contribution in [0.3, 0.4) is 0 Å². The fourth-order valence-electron chi connectivity index (χ4n) is 3.53. The van der Waals surface area contributed by atoms with Gasteiger partial charge in [-0.1, -0.05) is 68.2 Å². The van der Waals surface area contributed by atoms with Crippen LogP contribution in [0.15, 0.2) is 36.4 Å². The quantitative estimate of drug-likeness (QED) is 0.237. The van der Waals surface area contributed by atoms with Crippen molar-refractivity contribution >= 4 is 50.6 Å². The molecule has 0 spiro atoms. The minimum Gasteiger partial charge on any atom is -0.488 e. The zero-order valence-electron chi connectivity index (χ0n) is 21.3. The molecule has 7 nitrogen and oxygen atoms in total. The predicted molar refractivity (Wildman–Crippen MR) is 147 cm³/mol. The van der Waals surface area contributed by atoms with Crippen LogP contribution in [0.25, 0.3) is 0 Å². The summed E-state index contributed by atoms with van der Waals surface area (Å²) in [6.45, 7) is 7.03. The molecule has 0 amide bonds. The molecule has 0 aromatic heterocycles. The summed E-state index contributed by atoms with van der Waals surface area (Å²) in [6.07, 6.45) is -1.69. The smallest absolute Gasteiger partial charge is 0.303 e. The van der Waals surface area contributed by atoms with E-state index in [0.29, 0.717) is 15.8 Å². The molecule has 206 valence electrons. The fourth-order valence-corrected chi connectivity index (χ4v) is 5.18. The predicted octanol–water partition coefficient (Wildman–Crippen LogP) is 5.18. The first-order valence-electron chi connectivity index (χ1n) is 11.7. The van der Waals surface area contributed by atoms with Gasteiger partial charge >= 0.3 is 5.97 Å². The van der Waals surface area contributed by atoms with Gasteiger partial charge in [-0.3, -0.25) is 4.79 Å². The van der Waals surface area contributed by atoms with E-state index in [1.807, 2.05) is 38.1 Å². The molecule has 0 heterocycles. The van der Waals surface area contributed by atoms with Gasteiger partial charge in [0, 0.05) is 18.1 Å². The number of esters is 1. The van der Waals surface area contributed by atoms with Gasteiger partial charge in [-0.25, -0.2) is 8.42 Å². The number of alkyl halides is 1. The van der Waals surface area contributed by atoms with Gasteiger partial charge in [0.2, 0.25) is 0 Å². The molecule has 0 saturated heterocycles. The number of carbonyl (C=O) groups is 1. The maximum atomic E-state index is 11.9. The molecule has 0 fully saturated rings. The Labute approximate surface area is 233 Å². The van der Waals surface area contributed by atoms with Gasteiger partial charge in [-0.05, 0) is 28.8 Å². The van der Waals surface area contributed by atoms with Crippen LogP contribution >= 0.6 is 34.8 Å². The minimum absolute atomic E-state index is 0.0226. The zero-order valence-corrected chi connectivity index (χ0v) is 24.4. The molecular formula is C26H33Cl3O7S. The molecule has 0 bridgehead atoms. The molecule has 11 heteroatoms. The van der Waals surface area contributed by atoms with E-state index in [0.717, 1.165) is 16.7 Å². The third-order valence-corrected chi connectivity index (χ3v) is 8.46. The number of rotatable bonds is 14. The van der Waals surface area contributed by atoms with Crippen molar-refractivity contribution in [3.8, 4) is 5.75 Å². The van der Waals surface area contributed by atoms with Gasteiger partial charge in [0.05, 0.1) is 34.9 Å². The molecule has 0 aliphatic rings. The van der Waals surface area contributed by atoms with Crippen molar-refractivity contribution in [3.63, 3.8) is 0 Å². The summed E-state index contributed by atoms with van der Waals surface area (Å²) < 4.78 is 40.2. The summed E-state index contributed by atoms with van der Waals surface area (Å²) in [5.41, 5.74) is 2.30. The Kier molecular flexibility index (Phi) is 12.0. The molecule has 2 rings (SSSR count).